The van der Waals surface area contributed by atoms with Gasteiger partial charge in [0.25, 0.3) is 0 Å². The number of nitrogens with zero attached hydrogens (tertiary/aromatic N) is 2. The van der Waals surface area contributed by atoms with Gasteiger partial charge in [0.15, 0.2) is 5.76 Å². The first-order valence-electron chi connectivity index (χ1n) is 9.50. The molecule has 1 aliphatic rings. The number of aromatic nitrogens is 1. The van der Waals surface area contributed by atoms with E-state index in [-0.39, 0.29) is 5.91 Å². The zero-order chi connectivity index (χ0) is 20.2. The molecule has 5 nitrogen and oxygen atoms in total. The van der Waals surface area contributed by atoms with Gasteiger partial charge in [0.2, 0.25) is 5.91 Å². The topological polar surface area (TPSA) is 55.6 Å². The summed E-state index contributed by atoms with van der Waals surface area (Å²) >= 11 is 12.0. The van der Waals surface area contributed by atoms with Gasteiger partial charge in [-0.1, -0.05) is 40.5 Å². The van der Waals surface area contributed by atoms with E-state index in [4.69, 9.17) is 32.5 Å². The van der Waals surface area contributed by atoms with Gasteiger partial charge in [-0.25, -0.2) is 0 Å². The predicted molar refractivity (Wildman–Crippen MR) is 112 cm³/mol. The fourth-order valence-electron chi connectivity index (χ4n) is 3.38. The average Bonchev–Trinajstić information content (AvgIpc) is 3.16. The molecule has 0 bridgehead atoms. The van der Waals surface area contributed by atoms with Crippen LogP contribution in [0.3, 0.4) is 0 Å². The standard InChI is InChI=1S/C22H20Cl2N2O3/c23-16-9-7-15(8-10-16)22-17-14-26(12-11-19(17)25-29-22)21(27)6-3-13-28-20-5-2-1-4-18(20)24/h1-2,4-5,7-10H,3,6,11-14H2. The first-order chi connectivity index (χ1) is 14.1. The Bertz CT molecular complexity index is 1000. The minimum absolute atomic E-state index is 0.0988. The molecule has 7 heteroatoms. The number of ether oxygens (including phenoxy) is 1. The number of hydrogen-bond acceptors (Lipinski definition) is 4. The van der Waals surface area contributed by atoms with Crippen LogP contribution < -0.4 is 4.74 Å². The Hall–Kier alpha value is -2.50. The fourth-order valence-corrected chi connectivity index (χ4v) is 3.70. The van der Waals surface area contributed by atoms with Crippen LogP contribution in [0.15, 0.2) is 53.1 Å². The highest BCUT2D eigenvalue weighted by Gasteiger charge is 2.27. The number of carbonyl (C=O) groups is 1. The van der Waals surface area contributed by atoms with Crippen molar-refractivity contribution in [2.75, 3.05) is 13.2 Å². The lowest BCUT2D eigenvalue weighted by molar-refractivity contribution is -0.132. The summed E-state index contributed by atoms with van der Waals surface area (Å²) in [6.45, 7) is 1.59. The summed E-state index contributed by atoms with van der Waals surface area (Å²) in [7, 11) is 0. The molecule has 0 saturated heterocycles. The molecule has 3 aromatic rings. The molecule has 0 spiro atoms. The van der Waals surface area contributed by atoms with E-state index in [1.807, 2.05) is 47.4 Å². The molecule has 29 heavy (non-hydrogen) atoms. The Morgan fingerprint density at radius 1 is 1.14 bits per heavy atom. The SMILES string of the molecule is O=C(CCCOc1ccccc1Cl)N1CCc2noc(-c3ccc(Cl)cc3)c2C1. The maximum atomic E-state index is 12.7. The third kappa shape index (κ3) is 4.57. The van der Waals surface area contributed by atoms with Crippen LogP contribution in [-0.4, -0.2) is 29.1 Å². The van der Waals surface area contributed by atoms with Crippen molar-refractivity contribution >= 4 is 29.1 Å². The number of hydrogen-bond donors (Lipinski definition) is 0. The molecule has 0 atom stereocenters. The van der Waals surface area contributed by atoms with Crippen LogP contribution >= 0.6 is 23.2 Å². The number of carbonyl (C=O) groups excluding carboxylic acids is 1. The van der Waals surface area contributed by atoms with Crippen molar-refractivity contribution in [3.8, 4) is 17.1 Å². The molecule has 0 radical (unpaired) electrons. The van der Waals surface area contributed by atoms with Gasteiger partial charge in [-0.15, -0.1) is 0 Å². The van der Waals surface area contributed by atoms with Crippen molar-refractivity contribution in [1.29, 1.82) is 0 Å². The van der Waals surface area contributed by atoms with Crippen molar-refractivity contribution in [2.45, 2.75) is 25.8 Å². The molecule has 0 unspecified atom stereocenters. The van der Waals surface area contributed by atoms with Crippen LogP contribution in [0.1, 0.15) is 24.1 Å². The Kier molecular flexibility index (Phi) is 6.07. The first-order valence-corrected chi connectivity index (χ1v) is 10.3. The van der Waals surface area contributed by atoms with Crippen molar-refractivity contribution in [3.63, 3.8) is 0 Å². The molecule has 0 N–H and O–H groups in total. The zero-order valence-corrected chi connectivity index (χ0v) is 17.2. The second kappa shape index (κ2) is 8.89. The van der Waals surface area contributed by atoms with Crippen molar-refractivity contribution in [3.05, 3.63) is 69.8 Å². The van der Waals surface area contributed by atoms with Crippen molar-refractivity contribution in [2.24, 2.45) is 0 Å². The molecule has 0 saturated carbocycles. The molecular formula is C22H20Cl2N2O3. The van der Waals surface area contributed by atoms with Gasteiger partial charge in [-0.05, 0) is 42.8 Å². The van der Waals surface area contributed by atoms with Crippen LogP contribution in [-0.2, 0) is 17.8 Å². The summed E-state index contributed by atoms with van der Waals surface area (Å²) in [6.07, 6.45) is 1.73. The zero-order valence-electron chi connectivity index (χ0n) is 15.7. The summed E-state index contributed by atoms with van der Waals surface area (Å²) in [4.78, 5) is 14.5. The Balaban J connectivity index is 1.34. The normalized spacial score (nSPS) is 13.2. The number of para-hydroxylation sites is 1. The number of amides is 1. The van der Waals surface area contributed by atoms with Crippen LogP contribution in [0.4, 0.5) is 0 Å². The van der Waals surface area contributed by atoms with E-state index in [0.29, 0.717) is 60.5 Å². The second-order valence-electron chi connectivity index (χ2n) is 6.89. The van der Waals surface area contributed by atoms with E-state index in [1.54, 1.807) is 6.07 Å². The van der Waals surface area contributed by atoms with Crippen molar-refractivity contribution < 1.29 is 14.1 Å². The van der Waals surface area contributed by atoms with E-state index < -0.39 is 0 Å². The molecule has 150 valence electrons. The number of benzene rings is 2. The summed E-state index contributed by atoms with van der Waals surface area (Å²) in [5.41, 5.74) is 2.80. The Labute approximate surface area is 179 Å². The quantitative estimate of drug-likeness (QED) is 0.491. The van der Waals surface area contributed by atoms with E-state index in [2.05, 4.69) is 5.16 Å². The van der Waals surface area contributed by atoms with E-state index in [9.17, 15) is 4.79 Å². The van der Waals surface area contributed by atoms with Gasteiger partial charge in [0, 0.05) is 35.5 Å². The lowest BCUT2D eigenvalue weighted by Crippen LogP contribution is -2.36. The maximum Gasteiger partial charge on any atom is 0.223 e. The highest BCUT2D eigenvalue weighted by atomic mass is 35.5. The second-order valence-corrected chi connectivity index (χ2v) is 7.74. The molecule has 2 heterocycles. The predicted octanol–water partition coefficient (Wildman–Crippen LogP) is 5.39. The molecule has 4 rings (SSSR count). The fraction of sp³-hybridized carbons (Fsp3) is 0.273. The van der Waals surface area contributed by atoms with E-state index in [1.165, 1.54) is 0 Å². The van der Waals surface area contributed by atoms with E-state index >= 15 is 0 Å². The third-order valence-corrected chi connectivity index (χ3v) is 5.49. The molecule has 0 fully saturated rings. The highest BCUT2D eigenvalue weighted by Crippen LogP contribution is 2.31. The third-order valence-electron chi connectivity index (χ3n) is 4.93. The van der Waals surface area contributed by atoms with E-state index in [0.717, 1.165) is 16.8 Å². The average molecular weight is 431 g/mol. The number of fused-ring (bicyclic) bond motifs is 1. The van der Waals surface area contributed by atoms with Gasteiger partial charge in [0.1, 0.15) is 5.75 Å². The van der Waals surface area contributed by atoms with Crippen LogP contribution in [0.5, 0.6) is 5.75 Å². The smallest absolute Gasteiger partial charge is 0.223 e. The highest BCUT2D eigenvalue weighted by molar-refractivity contribution is 6.32. The van der Waals surface area contributed by atoms with Gasteiger partial charge in [-0.2, -0.15) is 0 Å². The monoisotopic (exact) mass is 430 g/mol. The van der Waals surface area contributed by atoms with Gasteiger partial charge in [-0.3, -0.25) is 4.79 Å². The Morgan fingerprint density at radius 3 is 2.72 bits per heavy atom. The Morgan fingerprint density at radius 2 is 1.93 bits per heavy atom. The van der Waals surface area contributed by atoms with Crippen molar-refractivity contribution in [1.82, 2.24) is 10.1 Å². The number of rotatable bonds is 6. The van der Waals surface area contributed by atoms with Gasteiger partial charge >= 0.3 is 0 Å². The molecular weight excluding hydrogens is 411 g/mol. The van der Waals surface area contributed by atoms with Crippen LogP contribution in [0.25, 0.3) is 11.3 Å². The largest absolute Gasteiger partial charge is 0.492 e. The lowest BCUT2D eigenvalue weighted by atomic mass is 10.0. The minimum atomic E-state index is 0.0988. The molecule has 1 aromatic heterocycles. The molecule has 2 aromatic carbocycles. The molecule has 0 aliphatic carbocycles. The summed E-state index contributed by atoms with van der Waals surface area (Å²) in [5, 5.41) is 5.43. The first kappa shape index (κ1) is 19.8. The van der Waals surface area contributed by atoms with Gasteiger partial charge in [0.05, 0.1) is 23.9 Å². The molecule has 1 amide bonds. The maximum absolute atomic E-state index is 12.7. The number of halogens is 2. The lowest BCUT2D eigenvalue weighted by Gasteiger charge is -2.26. The summed E-state index contributed by atoms with van der Waals surface area (Å²) < 4.78 is 11.2. The van der Waals surface area contributed by atoms with Gasteiger partial charge < -0.3 is 14.2 Å². The summed E-state index contributed by atoms with van der Waals surface area (Å²) in [6, 6.07) is 14.8. The molecule has 1 aliphatic heterocycles. The minimum Gasteiger partial charge on any atom is -0.492 e. The van der Waals surface area contributed by atoms with Crippen LogP contribution in [0.2, 0.25) is 10.0 Å². The summed E-state index contributed by atoms with van der Waals surface area (Å²) in [5.74, 6) is 1.44. The van der Waals surface area contributed by atoms with Crippen LogP contribution in [0, 0.1) is 0 Å².